The minimum absolute atomic E-state index is 0.407. The van der Waals surface area contributed by atoms with Gasteiger partial charge in [-0.15, -0.1) is 10.2 Å². The van der Waals surface area contributed by atoms with Crippen LogP contribution in [0.5, 0.6) is 0 Å². The fourth-order valence-corrected chi connectivity index (χ4v) is 4.59. The van der Waals surface area contributed by atoms with Gasteiger partial charge >= 0.3 is 0 Å². The van der Waals surface area contributed by atoms with Gasteiger partial charge in [-0.2, -0.15) is 0 Å². The predicted molar refractivity (Wildman–Crippen MR) is 101 cm³/mol. The number of likely N-dealkylation sites (tertiary alicyclic amines) is 1. The van der Waals surface area contributed by atoms with Crippen molar-refractivity contribution in [2.75, 3.05) is 31.1 Å². The van der Waals surface area contributed by atoms with Gasteiger partial charge in [0.15, 0.2) is 5.65 Å². The van der Waals surface area contributed by atoms with E-state index in [0.29, 0.717) is 5.41 Å². The zero-order chi connectivity index (χ0) is 17.6. The Morgan fingerprint density at radius 3 is 2.81 bits per heavy atom. The summed E-state index contributed by atoms with van der Waals surface area (Å²) >= 11 is 0. The molecule has 1 aromatic carbocycles. The van der Waals surface area contributed by atoms with Crippen LogP contribution < -0.4 is 4.90 Å². The van der Waals surface area contributed by atoms with E-state index in [1.807, 2.05) is 11.3 Å². The summed E-state index contributed by atoms with van der Waals surface area (Å²) in [5.74, 6) is 1.99. The topological polar surface area (TPSA) is 49.6 Å². The van der Waals surface area contributed by atoms with Crippen LogP contribution in [0.2, 0.25) is 0 Å². The van der Waals surface area contributed by atoms with Crippen molar-refractivity contribution in [3.63, 3.8) is 0 Å². The van der Waals surface area contributed by atoms with Gasteiger partial charge in [0.1, 0.15) is 18.0 Å². The first-order chi connectivity index (χ1) is 12.7. The molecule has 2 aliphatic rings. The van der Waals surface area contributed by atoms with Gasteiger partial charge in [0.2, 0.25) is 0 Å². The second-order valence-corrected chi connectivity index (χ2v) is 7.84. The zero-order valence-electron chi connectivity index (χ0n) is 15.2. The number of aryl methyl sites for hydroxylation is 1. The highest BCUT2D eigenvalue weighted by molar-refractivity contribution is 5.52. The molecule has 3 aromatic rings. The fourth-order valence-electron chi connectivity index (χ4n) is 4.59. The third kappa shape index (κ3) is 2.74. The summed E-state index contributed by atoms with van der Waals surface area (Å²) < 4.78 is 1.94. The van der Waals surface area contributed by atoms with E-state index in [0.717, 1.165) is 36.9 Å². The molecular weight excluding hydrogens is 324 g/mol. The van der Waals surface area contributed by atoms with Crippen LogP contribution in [0.4, 0.5) is 5.82 Å². The van der Waals surface area contributed by atoms with Gasteiger partial charge in [-0.25, -0.2) is 4.98 Å². The van der Waals surface area contributed by atoms with Gasteiger partial charge in [-0.3, -0.25) is 9.30 Å². The summed E-state index contributed by atoms with van der Waals surface area (Å²) in [6, 6.07) is 12.9. The van der Waals surface area contributed by atoms with Crippen LogP contribution in [0, 0.1) is 12.3 Å². The first kappa shape index (κ1) is 15.8. The average Bonchev–Trinajstić information content (AvgIpc) is 3.37. The maximum atomic E-state index is 4.79. The Hall–Kier alpha value is -2.47. The standard InChI is InChI=1S/C20H24N6/c1-16-22-18(11-19-23-21-15-26(16)19)25-10-8-20(14-25)7-9-24(13-20)12-17-5-3-2-4-6-17/h2-6,11,15H,7-10,12-14H2,1H3/t20-/m0/s1. The maximum absolute atomic E-state index is 4.79. The maximum Gasteiger partial charge on any atom is 0.165 e. The lowest BCUT2D eigenvalue weighted by Gasteiger charge is -2.25. The average molecular weight is 348 g/mol. The van der Waals surface area contributed by atoms with Gasteiger partial charge in [-0.1, -0.05) is 30.3 Å². The van der Waals surface area contributed by atoms with E-state index in [1.54, 1.807) is 6.33 Å². The molecule has 6 heteroatoms. The molecule has 2 saturated heterocycles. The van der Waals surface area contributed by atoms with Crippen LogP contribution in [0.25, 0.3) is 5.65 Å². The van der Waals surface area contributed by atoms with E-state index in [2.05, 4.69) is 56.4 Å². The molecule has 26 heavy (non-hydrogen) atoms. The highest BCUT2D eigenvalue weighted by Crippen LogP contribution is 2.41. The van der Waals surface area contributed by atoms with Crippen molar-refractivity contribution in [2.45, 2.75) is 26.3 Å². The lowest BCUT2D eigenvalue weighted by Crippen LogP contribution is -2.31. The predicted octanol–water partition coefficient (Wildman–Crippen LogP) is 2.54. The van der Waals surface area contributed by atoms with Crippen LogP contribution in [-0.2, 0) is 6.54 Å². The number of fused-ring (bicyclic) bond motifs is 1. The van der Waals surface area contributed by atoms with Crippen molar-refractivity contribution in [1.29, 1.82) is 0 Å². The van der Waals surface area contributed by atoms with Crippen molar-refractivity contribution in [3.05, 3.63) is 54.1 Å². The van der Waals surface area contributed by atoms with E-state index in [-0.39, 0.29) is 0 Å². The number of anilines is 1. The van der Waals surface area contributed by atoms with Crippen molar-refractivity contribution in [2.24, 2.45) is 5.41 Å². The summed E-state index contributed by atoms with van der Waals surface area (Å²) in [6.45, 7) is 7.63. The molecule has 0 aliphatic carbocycles. The molecule has 0 N–H and O–H groups in total. The quantitative estimate of drug-likeness (QED) is 0.728. The third-order valence-corrected chi connectivity index (χ3v) is 5.99. The summed E-state index contributed by atoms with van der Waals surface area (Å²) in [7, 11) is 0. The monoisotopic (exact) mass is 348 g/mol. The lowest BCUT2D eigenvalue weighted by molar-refractivity contribution is 0.270. The van der Waals surface area contributed by atoms with Crippen molar-refractivity contribution < 1.29 is 0 Å². The molecule has 0 radical (unpaired) electrons. The molecule has 0 bridgehead atoms. The number of hydrogen-bond donors (Lipinski definition) is 0. The van der Waals surface area contributed by atoms with Gasteiger partial charge in [0, 0.05) is 37.7 Å². The minimum atomic E-state index is 0.407. The van der Waals surface area contributed by atoms with Crippen LogP contribution in [0.3, 0.4) is 0 Å². The molecule has 1 spiro atoms. The highest BCUT2D eigenvalue weighted by atomic mass is 15.3. The van der Waals surface area contributed by atoms with Crippen LogP contribution in [-0.4, -0.2) is 50.7 Å². The van der Waals surface area contributed by atoms with Crippen molar-refractivity contribution in [3.8, 4) is 0 Å². The Labute approximate surface area is 153 Å². The van der Waals surface area contributed by atoms with E-state index >= 15 is 0 Å². The molecule has 2 aliphatic heterocycles. The van der Waals surface area contributed by atoms with Crippen LogP contribution in [0.15, 0.2) is 42.7 Å². The SMILES string of the molecule is Cc1nc(N2CC[C@]3(CCN(Cc4ccccc4)C3)C2)cc2nncn12. The Kier molecular flexibility index (Phi) is 3.67. The van der Waals surface area contributed by atoms with Gasteiger partial charge in [0.25, 0.3) is 0 Å². The van der Waals surface area contributed by atoms with Crippen molar-refractivity contribution >= 4 is 11.5 Å². The van der Waals surface area contributed by atoms with Gasteiger partial charge in [0.05, 0.1) is 0 Å². The first-order valence-electron chi connectivity index (χ1n) is 9.39. The summed E-state index contributed by atoms with van der Waals surface area (Å²) in [4.78, 5) is 9.84. The Morgan fingerprint density at radius 1 is 1.08 bits per heavy atom. The number of aromatic nitrogens is 4. The minimum Gasteiger partial charge on any atom is -0.356 e. The second-order valence-electron chi connectivity index (χ2n) is 7.84. The Balaban J connectivity index is 1.30. The normalized spacial score (nSPS) is 23.5. The molecule has 5 rings (SSSR count). The number of benzene rings is 1. The van der Waals surface area contributed by atoms with Crippen LogP contribution >= 0.6 is 0 Å². The molecule has 2 aromatic heterocycles. The number of nitrogens with zero attached hydrogens (tertiary/aromatic N) is 6. The largest absolute Gasteiger partial charge is 0.356 e. The number of rotatable bonds is 3. The molecule has 1 atom stereocenters. The molecule has 4 heterocycles. The molecule has 6 nitrogen and oxygen atoms in total. The van der Waals surface area contributed by atoms with Gasteiger partial charge in [-0.05, 0) is 31.9 Å². The molecule has 0 amide bonds. The lowest BCUT2D eigenvalue weighted by atomic mass is 9.86. The molecule has 0 unspecified atom stereocenters. The fraction of sp³-hybridized carbons (Fsp3) is 0.450. The molecular formula is C20H24N6. The first-order valence-corrected chi connectivity index (χ1v) is 9.39. The summed E-state index contributed by atoms with van der Waals surface area (Å²) in [5, 5.41) is 8.20. The highest BCUT2D eigenvalue weighted by Gasteiger charge is 2.43. The summed E-state index contributed by atoms with van der Waals surface area (Å²) in [6.07, 6.45) is 4.25. The zero-order valence-corrected chi connectivity index (χ0v) is 15.2. The van der Waals surface area contributed by atoms with Crippen LogP contribution in [0.1, 0.15) is 24.2 Å². The molecule has 2 fully saturated rings. The number of hydrogen-bond acceptors (Lipinski definition) is 5. The molecule has 134 valence electrons. The second kappa shape index (κ2) is 6.06. The van der Waals surface area contributed by atoms with Crippen molar-refractivity contribution in [1.82, 2.24) is 24.5 Å². The van der Waals surface area contributed by atoms with E-state index < -0.39 is 0 Å². The third-order valence-electron chi connectivity index (χ3n) is 5.99. The Morgan fingerprint density at radius 2 is 1.92 bits per heavy atom. The summed E-state index contributed by atoms with van der Waals surface area (Å²) in [5.41, 5.74) is 2.70. The van der Waals surface area contributed by atoms with E-state index in [9.17, 15) is 0 Å². The van der Waals surface area contributed by atoms with E-state index in [4.69, 9.17) is 4.98 Å². The molecule has 0 saturated carbocycles. The van der Waals surface area contributed by atoms with E-state index in [1.165, 1.54) is 31.5 Å². The van der Waals surface area contributed by atoms with Gasteiger partial charge < -0.3 is 4.90 Å². The Bertz CT molecular complexity index is 920. The smallest absolute Gasteiger partial charge is 0.165 e.